The Labute approximate surface area is 79.2 Å². The predicted molar refractivity (Wildman–Crippen MR) is 44.9 cm³/mol. The maximum atomic E-state index is 12.7. The monoisotopic (exact) mass is 205 g/mol. The summed E-state index contributed by atoms with van der Waals surface area (Å²) >= 11 is 0. The normalized spacial score (nSPS) is 15.3. The minimum atomic E-state index is -1.54. The van der Waals surface area contributed by atoms with Crippen molar-refractivity contribution in [3.63, 3.8) is 0 Å². The summed E-state index contributed by atoms with van der Waals surface area (Å²) in [5, 5.41) is 9.06. The van der Waals surface area contributed by atoms with Gasteiger partial charge in [-0.1, -0.05) is 0 Å². The molecule has 2 nitrogen and oxygen atoms in total. The molecule has 1 rings (SSSR count). The number of hydrogen-bond donors (Lipinski definition) is 2. The SMILES string of the molecule is C[C@@H](O)[C@@H](N)c1cc(F)c(F)c(F)c1. The number of benzene rings is 1. The fourth-order valence-electron chi connectivity index (χ4n) is 1.05. The van der Waals surface area contributed by atoms with Crippen molar-refractivity contribution in [3.8, 4) is 0 Å². The molecule has 0 unspecified atom stereocenters. The van der Waals surface area contributed by atoms with Gasteiger partial charge in [0.1, 0.15) is 0 Å². The molecular weight excluding hydrogens is 195 g/mol. The molecule has 1 aromatic rings. The van der Waals surface area contributed by atoms with Crippen LogP contribution in [-0.2, 0) is 0 Å². The van der Waals surface area contributed by atoms with E-state index < -0.39 is 29.6 Å². The molecule has 0 spiro atoms. The quantitative estimate of drug-likeness (QED) is 0.718. The van der Waals surface area contributed by atoms with Crippen LogP contribution in [0.4, 0.5) is 13.2 Å². The molecule has 0 bridgehead atoms. The molecule has 5 heteroatoms. The van der Waals surface area contributed by atoms with Gasteiger partial charge in [-0.2, -0.15) is 0 Å². The van der Waals surface area contributed by atoms with Crippen molar-refractivity contribution < 1.29 is 18.3 Å². The maximum Gasteiger partial charge on any atom is 0.194 e. The van der Waals surface area contributed by atoms with Gasteiger partial charge in [-0.15, -0.1) is 0 Å². The molecule has 0 aromatic heterocycles. The Morgan fingerprint density at radius 3 is 2.00 bits per heavy atom. The van der Waals surface area contributed by atoms with Crippen LogP contribution in [0.2, 0.25) is 0 Å². The fraction of sp³-hybridized carbons (Fsp3) is 0.333. The molecule has 0 saturated carbocycles. The molecule has 14 heavy (non-hydrogen) atoms. The zero-order chi connectivity index (χ0) is 10.9. The molecule has 0 radical (unpaired) electrons. The van der Waals surface area contributed by atoms with E-state index in [4.69, 9.17) is 10.8 Å². The number of nitrogens with two attached hydrogens (primary N) is 1. The van der Waals surface area contributed by atoms with Gasteiger partial charge in [0.25, 0.3) is 0 Å². The van der Waals surface area contributed by atoms with Crippen molar-refractivity contribution in [2.45, 2.75) is 19.1 Å². The van der Waals surface area contributed by atoms with Crippen molar-refractivity contribution >= 4 is 0 Å². The van der Waals surface area contributed by atoms with Gasteiger partial charge >= 0.3 is 0 Å². The van der Waals surface area contributed by atoms with Crippen LogP contribution in [0.25, 0.3) is 0 Å². The number of halogens is 3. The summed E-state index contributed by atoms with van der Waals surface area (Å²) in [7, 11) is 0. The summed E-state index contributed by atoms with van der Waals surface area (Å²) in [6, 6.07) is 0.616. The first-order valence-corrected chi connectivity index (χ1v) is 4.01. The highest BCUT2D eigenvalue weighted by molar-refractivity contribution is 5.23. The average molecular weight is 205 g/mol. The molecule has 0 amide bonds. The Hall–Kier alpha value is -1.07. The molecule has 0 saturated heterocycles. The topological polar surface area (TPSA) is 46.2 Å². The van der Waals surface area contributed by atoms with E-state index in [0.29, 0.717) is 0 Å². The van der Waals surface area contributed by atoms with Gasteiger partial charge in [-0.3, -0.25) is 0 Å². The van der Waals surface area contributed by atoms with Gasteiger partial charge in [-0.05, 0) is 24.6 Å². The van der Waals surface area contributed by atoms with Crippen LogP contribution >= 0.6 is 0 Å². The van der Waals surface area contributed by atoms with Crippen LogP contribution in [0.1, 0.15) is 18.5 Å². The highest BCUT2D eigenvalue weighted by Crippen LogP contribution is 2.19. The molecule has 78 valence electrons. The van der Waals surface area contributed by atoms with Crippen LogP contribution in [-0.4, -0.2) is 11.2 Å². The number of aliphatic hydroxyl groups excluding tert-OH is 1. The second-order valence-electron chi connectivity index (χ2n) is 3.06. The zero-order valence-corrected chi connectivity index (χ0v) is 7.47. The largest absolute Gasteiger partial charge is 0.391 e. The fourth-order valence-corrected chi connectivity index (χ4v) is 1.05. The lowest BCUT2D eigenvalue weighted by atomic mass is 10.0. The van der Waals surface area contributed by atoms with Gasteiger partial charge in [-0.25, -0.2) is 13.2 Å². The Balaban J connectivity index is 3.12. The second kappa shape index (κ2) is 3.98. The van der Waals surface area contributed by atoms with Gasteiger partial charge in [0.05, 0.1) is 12.1 Å². The smallest absolute Gasteiger partial charge is 0.194 e. The molecule has 0 aliphatic rings. The summed E-state index contributed by atoms with van der Waals surface area (Å²) in [6.45, 7) is 1.38. The van der Waals surface area contributed by atoms with Crippen molar-refractivity contribution in [2.75, 3.05) is 0 Å². The Morgan fingerprint density at radius 2 is 1.64 bits per heavy atom. The minimum Gasteiger partial charge on any atom is -0.391 e. The van der Waals surface area contributed by atoms with E-state index >= 15 is 0 Å². The van der Waals surface area contributed by atoms with Gasteiger partial charge in [0, 0.05) is 0 Å². The Kier molecular flexibility index (Phi) is 3.13. The summed E-state index contributed by atoms with van der Waals surface area (Å²) in [5.74, 6) is -4.15. The van der Waals surface area contributed by atoms with E-state index in [1.807, 2.05) is 0 Å². The summed E-state index contributed by atoms with van der Waals surface area (Å²) in [6.07, 6.45) is -0.959. The standard InChI is InChI=1S/C9H10F3NO/c1-4(14)9(13)5-2-6(10)8(12)7(11)3-5/h2-4,9,14H,13H2,1H3/t4-,9-/m1/s1. The van der Waals surface area contributed by atoms with E-state index in [1.165, 1.54) is 6.92 Å². The average Bonchev–Trinajstić information content (AvgIpc) is 2.12. The predicted octanol–water partition coefficient (Wildman–Crippen LogP) is 1.48. The minimum absolute atomic E-state index is 0.0244. The van der Waals surface area contributed by atoms with Crippen molar-refractivity contribution in [1.29, 1.82) is 0 Å². The molecule has 2 atom stereocenters. The Bertz CT molecular complexity index is 318. The van der Waals surface area contributed by atoms with Crippen molar-refractivity contribution in [2.24, 2.45) is 5.73 Å². The summed E-state index contributed by atoms with van der Waals surface area (Å²) in [4.78, 5) is 0. The Morgan fingerprint density at radius 1 is 1.21 bits per heavy atom. The number of aliphatic hydroxyl groups is 1. The van der Waals surface area contributed by atoms with Gasteiger partial charge < -0.3 is 10.8 Å². The third kappa shape index (κ3) is 2.05. The molecular formula is C9H10F3NO. The van der Waals surface area contributed by atoms with E-state index in [-0.39, 0.29) is 5.56 Å². The van der Waals surface area contributed by atoms with Crippen LogP contribution in [0, 0.1) is 17.5 Å². The lowest BCUT2D eigenvalue weighted by Gasteiger charge is -2.15. The molecule has 0 aliphatic heterocycles. The third-order valence-electron chi connectivity index (χ3n) is 1.91. The molecule has 0 aliphatic carbocycles. The summed E-state index contributed by atoms with van der Waals surface area (Å²) in [5.41, 5.74) is 5.44. The molecule has 0 heterocycles. The molecule has 0 fully saturated rings. The lowest BCUT2D eigenvalue weighted by molar-refractivity contribution is 0.164. The van der Waals surface area contributed by atoms with Crippen LogP contribution in [0.3, 0.4) is 0 Å². The second-order valence-corrected chi connectivity index (χ2v) is 3.06. The zero-order valence-electron chi connectivity index (χ0n) is 7.47. The highest BCUT2D eigenvalue weighted by atomic mass is 19.2. The van der Waals surface area contributed by atoms with Crippen molar-refractivity contribution in [3.05, 3.63) is 35.1 Å². The first kappa shape index (κ1) is 11.0. The third-order valence-corrected chi connectivity index (χ3v) is 1.91. The van der Waals surface area contributed by atoms with Crippen LogP contribution in [0.5, 0.6) is 0 Å². The number of rotatable bonds is 2. The van der Waals surface area contributed by atoms with E-state index in [0.717, 1.165) is 12.1 Å². The van der Waals surface area contributed by atoms with Crippen LogP contribution in [0.15, 0.2) is 12.1 Å². The van der Waals surface area contributed by atoms with E-state index in [9.17, 15) is 13.2 Å². The first-order chi connectivity index (χ1) is 6.43. The van der Waals surface area contributed by atoms with Crippen molar-refractivity contribution in [1.82, 2.24) is 0 Å². The highest BCUT2D eigenvalue weighted by Gasteiger charge is 2.17. The van der Waals surface area contributed by atoms with Crippen LogP contribution < -0.4 is 5.73 Å². The van der Waals surface area contributed by atoms with Gasteiger partial charge in [0.15, 0.2) is 17.5 Å². The maximum absolute atomic E-state index is 12.7. The molecule has 1 aromatic carbocycles. The summed E-state index contributed by atoms with van der Waals surface area (Å²) < 4.78 is 37.9. The van der Waals surface area contributed by atoms with E-state index in [1.54, 1.807) is 0 Å². The van der Waals surface area contributed by atoms with E-state index in [2.05, 4.69) is 0 Å². The first-order valence-electron chi connectivity index (χ1n) is 4.01. The molecule has 3 N–H and O–H groups in total. The van der Waals surface area contributed by atoms with Gasteiger partial charge in [0.2, 0.25) is 0 Å². The lowest BCUT2D eigenvalue weighted by Crippen LogP contribution is -2.23. The number of hydrogen-bond acceptors (Lipinski definition) is 2.